The van der Waals surface area contributed by atoms with Crippen molar-refractivity contribution in [2.75, 3.05) is 6.61 Å². The molecule has 0 saturated heterocycles. The number of hydrogen-bond acceptors (Lipinski definition) is 4. The molecule has 3 rings (SSSR count). The van der Waals surface area contributed by atoms with Gasteiger partial charge in [-0.2, -0.15) is 0 Å². The number of benzene rings is 1. The fourth-order valence-corrected chi connectivity index (χ4v) is 3.32. The molecule has 2 heterocycles. The van der Waals surface area contributed by atoms with Crippen LogP contribution in [0.4, 0.5) is 5.69 Å². The van der Waals surface area contributed by atoms with Crippen LogP contribution in [0.5, 0.6) is 0 Å². The van der Waals surface area contributed by atoms with Gasteiger partial charge in [0.25, 0.3) is 5.69 Å². The number of aromatic nitrogens is 1. The fourth-order valence-electron chi connectivity index (χ4n) is 2.58. The van der Waals surface area contributed by atoms with Crippen LogP contribution in [0, 0.1) is 10.1 Å². The zero-order valence-electron chi connectivity index (χ0n) is 12.7. The highest BCUT2D eigenvalue weighted by Crippen LogP contribution is 2.38. The maximum atomic E-state index is 12.5. The summed E-state index contributed by atoms with van der Waals surface area (Å²) in [5.74, 6) is -0.447. The van der Waals surface area contributed by atoms with Crippen LogP contribution in [0.3, 0.4) is 0 Å². The number of pyridine rings is 1. The lowest BCUT2D eigenvalue weighted by Crippen LogP contribution is -2.09. The average molecular weight is 389 g/mol. The van der Waals surface area contributed by atoms with Gasteiger partial charge in [-0.15, -0.1) is 0 Å². The molecule has 0 N–H and O–H groups in total. The number of carbonyl (C=O) groups excluding carboxylic acids is 1. The van der Waals surface area contributed by atoms with E-state index in [4.69, 9.17) is 4.74 Å². The van der Waals surface area contributed by atoms with Gasteiger partial charge in [0.1, 0.15) is 5.69 Å². The highest BCUT2D eigenvalue weighted by atomic mass is 79.9. The summed E-state index contributed by atoms with van der Waals surface area (Å²) in [4.78, 5) is 22.8. The molecule has 0 spiro atoms. The number of hydrogen-bond donors (Lipinski definition) is 0. The van der Waals surface area contributed by atoms with Gasteiger partial charge in [0.05, 0.1) is 21.5 Å². The molecule has 7 heteroatoms. The van der Waals surface area contributed by atoms with Crippen molar-refractivity contribution >= 4 is 33.1 Å². The summed E-state index contributed by atoms with van der Waals surface area (Å²) < 4.78 is 7.67. The third-order valence-corrected chi connectivity index (χ3v) is 4.42. The van der Waals surface area contributed by atoms with E-state index in [9.17, 15) is 14.9 Å². The number of esters is 1. The highest BCUT2D eigenvalue weighted by Gasteiger charge is 2.24. The molecule has 1 aromatic carbocycles. The summed E-state index contributed by atoms with van der Waals surface area (Å²) in [6, 6.07) is 11.6. The first-order valence-corrected chi connectivity index (χ1v) is 8.04. The molecule has 0 aliphatic carbocycles. The monoisotopic (exact) mass is 388 g/mol. The summed E-state index contributed by atoms with van der Waals surface area (Å²) in [5, 5.41) is 10.8. The maximum absolute atomic E-state index is 12.5. The van der Waals surface area contributed by atoms with Crippen LogP contribution in [-0.4, -0.2) is 21.9 Å². The molecule has 0 saturated carbocycles. The molecular formula is C17H13BrN2O4. The number of nitrogens with zero attached hydrogens (tertiary/aromatic N) is 2. The van der Waals surface area contributed by atoms with Crippen molar-refractivity contribution < 1.29 is 14.5 Å². The first kappa shape index (κ1) is 16.2. The Morgan fingerprint density at radius 3 is 2.58 bits per heavy atom. The van der Waals surface area contributed by atoms with Gasteiger partial charge in [0, 0.05) is 23.9 Å². The number of carbonyl (C=O) groups is 1. The van der Waals surface area contributed by atoms with Crippen LogP contribution in [0.25, 0.3) is 16.6 Å². The number of non-ortho nitro benzene ring substituents is 1. The molecule has 0 unspecified atom stereocenters. The Labute approximate surface area is 145 Å². The van der Waals surface area contributed by atoms with E-state index >= 15 is 0 Å². The number of ether oxygens (including phenoxy) is 1. The average Bonchev–Trinajstić information content (AvgIpc) is 2.88. The summed E-state index contributed by atoms with van der Waals surface area (Å²) in [6.45, 7) is 2.00. The molecular weight excluding hydrogens is 376 g/mol. The molecule has 0 radical (unpaired) electrons. The number of halogens is 1. The van der Waals surface area contributed by atoms with Gasteiger partial charge in [-0.3, -0.25) is 10.1 Å². The fraction of sp³-hybridized carbons (Fsp3) is 0.118. The van der Waals surface area contributed by atoms with Gasteiger partial charge in [-0.1, -0.05) is 6.07 Å². The molecule has 0 atom stereocenters. The van der Waals surface area contributed by atoms with Crippen LogP contribution in [0.15, 0.2) is 53.1 Å². The minimum absolute atomic E-state index is 0.00341. The van der Waals surface area contributed by atoms with E-state index in [1.165, 1.54) is 12.1 Å². The lowest BCUT2D eigenvalue weighted by Gasteiger charge is -2.06. The first-order valence-electron chi connectivity index (χ1n) is 7.25. The number of rotatable bonds is 4. The molecule has 24 heavy (non-hydrogen) atoms. The smallest absolute Gasteiger partial charge is 0.355 e. The van der Waals surface area contributed by atoms with Crippen molar-refractivity contribution in [1.82, 2.24) is 4.40 Å². The Hall–Kier alpha value is -2.67. The molecule has 0 aliphatic rings. The quantitative estimate of drug-likeness (QED) is 0.375. The van der Waals surface area contributed by atoms with E-state index < -0.39 is 10.9 Å². The highest BCUT2D eigenvalue weighted by molar-refractivity contribution is 9.10. The number of nitro groups is 1. The Morgan fingerprint density at radius 2 is 1.96 bits per heavy atom. The lowest BCUT2D eigenvalue weighted by molar-refractivity contribution is -0.384. The third-order valence-electron chi connectivity index (χ3n) is 3.62. The third kappa shape index (κ3) is 2.67. The molecule has 0 aliphatic heterocycles. The van der Waals surface area contributed by atoms with E-state index in [-0.39, 0.29) is 12.3 Å². The Bertz CT molecular complexity index is 932. The van der Waals surface area contributed by atoms with E-state index in [1.54, 1.807) is 29.7 Å². The van der Waals surface area contributed by atoms with Gasteiger partial charge >= 0.3 is 5.97 Å². The van der Waals surface area contributed by atoms with Gasteiger partial charge < -0.3 is 9.14 Å². The van der Waals surface area contributed by atoms with E-state index in [2.05, 4.69) is 15.9 Å². The standard InChI is InChI=1S/C17H13BrN2O4/c1-2-24-17(21)16-14(11-6-8-12(9-7-11)20(22)23)15(18)13-5-3-4-10-19(13)16/h3-10H,2H2,1H3. The van der Waals surface area contributed by atoms with Gasteiger partial charge in [-0.25, -0.2) is 4.79 Å². The first-order chi connectivity index (χ1) is 11.5. The van der Waals surface area contributed by atoms with E-state index in [0.29, 0.717) is 16.8 Å². The molecule has 122 valence electrons. The molecule has 3 aromatic rings. The Kier molecular flexibility index (Phi) is 4.35. The molecule has 2 aromatic heterocycles. The van der Waals surface area contributed by atoms with Crippen LogP contribution in [-0.2, 0) is 4.74 Å². The van der Waals surface area contributed by atoms with E-state index in [1.807, 2.05) is 18.2 Å². The minimum atomic E-state index is -0.457. The number of fused-ring (bicyclic) bond motifs is 1. The molecule has 0 bridgehead atoms. The summed E-state index contributed by atoms with van der Waals surface area (Å²) in [6.07, 6.45) is 1.78. The van der Waals surface area contributed by atoms with Crippen LogP contribution >= 0.6 is 15.9 Å². The lowest BCUT2D eigenvalue weighted by atomic mass is 10.1. The second-order valence-corrected chi connectivity index (χ2v) is 5.81. The van der Waals surface area contributed by atoms with Crippen molar-refractivity contribution in [2.45, 2.75) is 6.92 Å². The van der Waals surface area contributed by atoms with Crippen LogP contribution in [0.2, 0.25) is 0 Å². The van der Waals surface area contributed by atoms with Crippen molar-refractivity contribution in [3.63, 3.8) is 0 Å². The van der Waals surface area contributed by atoms with E-state index in [0.717, 1.165) is 9.99 Å². The van der Waals surface area contributed by atoms with Gasteiger partial charge in [0.15, 0.2) is 0 Å². The topological polar surface area (TPSA) is 73.8 Å². The maximum Gasteiger partial charge on any atom is 0.355 e. The largest absolute Gasteiger partial charge is 0.461 e. The van der Waals surface area contributed by atoms with Crippen molar-refractivity contribution in [3.05, 3.63) is 68.9 Å². The zero-order valence-corrected chi connectivity index (χ0v) is 14.3. The SMILES string of the molecule is CCOC(=O)c1c(-c2ccc([N+](=O)[O-])cc2)c(Br)c2ccccn12. The summed E-state index contributed by atoms with van der Waals surface area (Å²) >= 11 is 3.54. The second-order valence-electron chi connectivity index (χ2n) is 5.02. The Morgan fingerprint density at radius 1 is 1.25 bits per heavy atom. The summed E-state index contributed by atoms with van der Waals surface area (Å²) in [7, 11) is 0. The van der Waals surface area contributed by atoms with Gasteiger partial charge in [-0.05, 0) is 52.7 Å². The van der Waals surface area contributed by atoms with Crippen molar-refractivity contribution in [1.29, 1.82) is 0 Å². The van der Waals surface area contributed by atoms with Crippen molar-refractivity contribution in [2.24, 2.45) is 0 Å². The molecule has 6 nitrogen and oxygen atoms in total. The van der Waals surface area contributed by atoms with Crippen LogP contribution < -0.4 is 0 Å². The van der Waals surface area contributed by atoms with Crippen molar-refractivity contribution in [3.8, 4) is 11.1 Å². The van der Waals surface area contributed by atoms with Crippen LogP contribution in [0.1, 0.15) is 17.4 Å². The Balaban J connectivity index is 2.26. The molecule has 0 amide bonds. The number of nitro benzene ring substituents is 1. The summed E-state index contributed by atoms with van der Waals surface area (Å²) in [5.41, 5.74) is 2.53. The predicted octanol–water partition coefficient (Wildman–Crippen LogP) is 4.45. The zero-order chi connectivity index (χ0) is 17.3. The normalized spacial score (nSPS) is 10.8. The predicted molar refractivity (Wildman–Crippen MR) is 93.1 cm³/mol. The minimum Gasteiger partial charge on any atom is -0.461 e. The van der Waals surface area contributed by atoms with Gasteiger partial charge in [0.2, 0.25) is 0 Å². The second kappa shape index (κ2) is 6.45. The molecule has 0 fully saturated rings.